The number of esters is 1. The second kappa shape index (κ2) is 10.5. The van der Waals surface area contributed by atoms with Gasteiger partial charge in [-0.15, -0.1) is 11.3 Å². The Morgan fingerprint density at radius 1 is 1.22 bits per heavy atom. The van der Waals surface area contributed by atoms with E-state index in [2.05, 4.69) is 15.3 Å². The van der Waals surface area contributed by atoms with Crippen LogP contribution in [0.4, 0.5) is 5.00 Å². The highest BCUT2D eigenvalue weighted by Gasteiger charge is 2.22. The van der Waals surface area contributed by atoms with E-state index in [0.29, 0.717) is 27.2 Å². The maximum atomic E-state index is 12.5. The van der Waals surface area contributed by atoms with Gasteiger partial charge in [-0.05, 0) is 50.6 Å². The van der Waals surface area contributed by atoms with Crippen LogP contribution in [0.2, 0.25) is 0 Å². The van der Waals surface area contributed by atoms with Gasteiger partial charge in [0.05, 0.1) is 30.7 Å². The molecule has 0 saturated heterocycles. The maximum Gasteiger partial charge on any atom is 0.341 e. The average molecular weight is 474 g/mol. The molecular formula is C22H23N3O5S2. The topological polar surface area (TPSA) is 110 Å². The van der Waals surface area contributed by atoms with E-state index in [1.54, 1.807) is 38.3 Å². The van der Waals surface area contributed by atoms with E-state index in [1.165, 1.54) is 17.4 Å². The normalized spacial score (nSPS) is 10.6. The molecule has 3 rings (SSSR count). The quantitative estimate of drug-likeness (QED) is 0.289. The number of aryl methyl sites for hydroxylation is 1. The molecule has 1 aromatic carbocycles. The number of hydrogen-bond donors (Lipinski definition) is 2. The number of anilines is 1. The molecule has 3 aromatic rings. The minimum absolute atomic E-state index is 0.00721. The molecule has 168 valence electrons. The number of benzene rings is 1. The van der Waals surface area contributed by atoms with Gasteiger partial charge >= 0.3 is 5.97 Å². The van der Waals surface area contributed by atoms with Crippen LogP contribution in [0.15, 0.2) is 40.3 Å². The van der Waals surface area contributed by atoms with Crippen molar-refractivity contribution in [2.75, 3.05) is 24.8 Å². The van der Waals surface area contributed by atoms with Gasteiger partial charge < -0.3 is 19.8 Å². The van der Waals surface area contributed by atoms with Crippen molar-refractivity contribution in [3.05, 3.63) is 56.7 Å². The zero-order valence-corrected chi connectivity index (χ0v) is 19.7. The van der Waals surface area contributed by atoms with Crippen LogP contribution in [-0.2, 0) is 9.53 Å². The van der Waals surface area contributed by atoms with Crippen molar-refractivity contribution in [1.82, 2.24) is 9.97 Å². The van der Waals surface area contributed by atoms with Crippen molar-refractivity contribution >= 4 is 40.0 Å². The van der Waals surface area contributed by atoms with Crippen LogP contribution in [0, 0.1) is 13.8 Å². The third-order valence-corrected chi connectivity index (χ3v) is 6.56. The summed E-state index contributed by atoms with van der Waals surface area (Å²) >= 11 is 2.42. The summed E-state index contributed by atoms with van der Waals surface area (Å²) in [6.07, 6.45) is 0. The number of carbonyl (C=O) groups is 2. The summed E-state index contributed by atoms with van der Waals surface area (Å²) in [5, 5.41) is 3.56. The molecule has 0 bridgehead atoms. The van der Waals surface area contributed by atoms with Crippen molar-refractivity contribution < 1.29 is 19.1 Å². The number of carbonyl (C=O) groups excluding carboxylic acids is 2. The van der Waals surface area contributed by atoms with E-state index < -0.39 is 5.97 Å². The first-order valence-corrected chi connectivity index (χ1v) is 11.6. The Hall–Kier alpha value is -3.11. The number of nitrogens with one attached hydrogen (secondary N) is 2. The van der Waals surface area contributed by atoms with Crippen LogP contribution in [0.3, 0.4) is 0 Å². The summed E-state index contributed by atoms with van der Waals surface area (Å²) < 4.78 is 10.3. The second-order valence-electron chi connectivity index (χ2n) is 6.71. The van der Waals surface area contributed by atoms with Crippen LogP contribution in [0.5, 0.6) is 5.75 Å². The van der Waals surface area contributed by atoms with Crippen LogP contribution < -0.4 is 15.6 Å². The van der Waals surface area contributed by atoms with E-state index in [-0.39, 0.29) is 23.8 Å². The van der Waals surface area contributed by atoms with Crippen LogP contribution in [0.25, 0.3) is 11.3 Å². The van der Waals surface area contributed by atoms with Crippen LogP contribution >= 0.6 is 23.1 Å². The summed E-state index contributed by atoms with van der Waals surface area (Å²) in [5.74, 6) is -0.0753. The van der Waals surface area contributed by atoms with Gasteiger partial charge in [0.15, 0.2) is 5.16 Å². The first kappa shape index (κ1) is 23.6. The zero-order valence-electron chi connectivity index (χ0n) is 18.1. The highest BCUT2D eigenvalue weighted by Crippen LogP contribution is 2.33. The molecule has 32 heavy (non-hydrogen) atoms. The van der Waals surface area contributed by atoms with E-state index in [0.717, 1.165) is 27.8 Å². The number of thioether (sulfide) groups is 1. The minimum Gasteiger partial charge on any atom is -0.497 e. The number of aromatic nitrogens is 2. The monoisotopic (exact) mass is 473 g/mol. The summed E-state index contributed by atoms with van der Waals surface area (Å²) in [6, 6.07) is 8.57. The number of thiophene rings is 1. The number of aromatic amines is 1. The minimum atomic E-state index is -0.463. The van der Waals surface area contributed by atoms with Gasteiger partial charge in [0, 0.05) is 16.5 Å². The van der Waals surface area contributed by atoms with Crippen molar-refractivity contribution in [3.63, 3.8) is 0 Å². The predicted molar refractivity (Wildman–Crippen MR) is 126 cm³/mol. The Balaban J connectivity index is 1.72. The van der Waals surface area contributed by atoms with Gasteiger partial charge in [-0.25, -0.2) is 9.78 Å². The molecule has 0 aliphatic carbocycles. The molecule has 0 saturated carbocycles. The number of nitrogens with zero attached hydrogens (tertiary/aromatic N) is 1. The summed E-state index contributed by atoms with van der Waals surface area (Å²) in [5.41, 5.74) is 2.10. The molecule has 10 heteroatoms. The Morgan fingerprint density at radius 2 is 1.94 bits per heavy atom. The Bertz CT molecular complexity index is 1190. The molecule has 0 aliphatic rings. The summed E-state index contributed by atoms with van der Waals surface area (Å²) in [4.78, 5) is 44.9. The van der Waals surface area contributed by atoms with Gasteiger partial charge in [0.2, 0.25) is 5.91 Å². The first-order valence-electron chi connectivity index (χ1n) is 9.78. The summed E-state index contributed by atoms with van der Waals surface area (Å²) in [7, 11) is 1.58. The fourth-order valence-electron chi connectivity index (χ4n) is 2.87. The lowest BCUT2D eigenvalue weighted by Crippen LogP contribution is -2.17. The van der Waals surface area contributed by atoms with E-state index in [9.17, 15) is 14.4 Å². The molecule has 2 aromatic heterocycles. The molecule has 2 N–H and O–H groups in total. The van der Waals surface area contributed by atoms with Crippen molar-refractivity contribution in [2.24, 2.45) is 0 Å². The van der Waals surface area contributed by atoms with Crippen molar-refractivity contribution in [3.8, 4) is 17.0 Å². The third kappa shape index (κ3) is 5.57. The molecule has 0 fully saturated rings. The molecule has 0 radical (unpaired) electrons. The number of ether oxygens (including phenoxy) is 2. The molecule has 0 aliphatic heterocycles. The summed E-state index contributed by atoms with van der Waals surface area (Å²) in [6.45, 7) is 5.68. The number of hydrogen-bond acceptors (Lipinski definition) is 8. The van der Waals surface area contributed by atoms with Gasteiger partial charge in [-0.1, -0.05) is 11.8 Å². The largest absolute Gasteiger partial charge is 0.497 e. The SMILES string of the molecule is CCOC(=O)c1c(NC(=O)CSc2nc(-c3ccc(OC)cc3)cc(=O)[nH]2)sc(C)c1C. The fraction of sp³-hybridized carbons (Fsp3) is 0.273. The third-order valence-electron chi connectivity index (χ3n) is 4.56. The number of rotatable bonds is 8. The van der Waals surface area contributed by atoms with Crippen molar-refractivity contribution in [1.29, 1.82) is 0 Å². The first-order chi connectivity index (χ1) is 15.3. The zero-order chi connectivity index (χ0) is 23.3. The highest BCUT2D eigenvalue weighted by molar-refractivity contribution is 7.99. The molecule has 8 nitrogen and oxygen atoms in total. The van der Waals surface area contributed by atoms with Gasteiger partial charge in [-0.3, -0.25) is 9.59 Å². The second-order valence-corrected chi connectivity index (χ2v) is 8.90. The average Bonchev–Trinajstić information content (AvgIpc) is 3.05. The maximum absolute atomic E-state index is 12.5. The number of H-pyrrole nitrogens is 1. The van der Waals surface area contributed by atoms with Crippen LogP contribution in [0.1, 0.15) is 27.7 Å². The fourth-order valence-corrected chi connectivity index (χ4v) is 4.61. The molecule has 0 atom stereocenters. The Labute approximate surface area is 193 Å². The molecular weight excluding hydrogens is 450 g/mol. The molecule has 2 heterocycles. The lowest BCUT2D eigenvalue weighted by molar-refractivity contribution is -0.113. The molecule has 1 amide bonds. The van der Waals surface area contributed by atoms with E-state index >= 15 is 0 Å². The molecule has 0 unspecified atom stereocenters. The Kier molecular flexibility index (Phi) is 7.70. The van der Waals surface area contributed by atoms with Gasteiger partial charge in [-0.2, -0.15) is 0 Å². The number of methoxy groups -OCH3 is 1. The lowest BCUT2D eigenvalue weighted by Gasteiger charge is -2.08. The lowest BCUT2D eigenvalue weighted by atomic mass is 10.1. The van der Waals surface area contributed by atoms with E-state index in [4.69, 9.17) is 9.47 Å². The molecule has 0 spiro atoms. The van der Waals surface area contributed by atoms with Gasteiger partial charge in [0.1, 0.15) is 10.8 Å². The van der Waals surface area contributed by atoms with E-state index in [1.807, 2.05) is 13.8 Å². The van der Waals surface area contributed by atoms with Crippen molar-refractivity contribution in [2.45, 2.75) is 25.9 Å². The van der Waals surface area contributed by atoms with Crippen LogP contribution in [-0.4, -0.2) is 41.3 Å². The smallest absolute Gasteiger partial charge is 0.341 e. The predicted octanol–water partition coefficient (Wildman–Crippen LogP) is 4.03. The van der Waals surface area contributed by atoms with Gasteiger partial charge in [0.25, 0.3) is 5.56 Å². The Morgan fingerprint density at radius 3 is 2.59 bits per heavy atom. The number of amides is 1. The highest BCUT2D eigenvalue weighted by atomic mass is 32.2. The standard InChI is InChI=1S/C22H23N3O5S2/c1-5-30-21(28)19-12(2)13(3)32-20(19)24-18(27)11-31-22-23-16(10-17(26)25-22)14-6-8-15(29-4)9-7-14/h6-10H,5,11H2,1-4H3,(H,24,27)(H,23,25,26).